The predicted octanol–water partition coefficient (Wildman–Crippen LogP) is 2.02. The van der Waals surface area contributed by atoms with Crippen molar-refractivity contribution in [1.82, 2.24) is 14.1 Å². The molecule has 0 atom stereocenters. The Hall–Kier alpha value is -2.21. The van der Waals surface area contributed by atoms with Crippen LogP contribution in [0.4, 0.5) is 0 Å². The van der Waals surface area contributed by atoms with Crippen LogP contribution in [0.1, 0.15) is 0 Å². The molecule has 5 nitrogen and oxygen atoms in total. The number of aromatic nitrogens is 3. The SMILES string of the molecule is O=c1ccccn1CCn1cnc2cc(Br)ccc2c1=O. The molecule has 0 saturated heterocycles. The zero-order chi connectivity index (χ0) is 14.8. The van der Waals surface area contributed by atoms with Crippen molar-refractivity contribution in [2.24, 2.45) is 0 Å². The van der Waals surface area contributed by atoms with Crippen molar-refractivity contribution in [3.05, 3.63) is 74.1 Å². The van der Waals surface area contributed by atoms with E-state index in [1.54, 1.807) is 29.0 Å². The zero-order valence-corrected chi connectivity index (χ0v) is 12.7. The second kappa shape index (κ2) is 5.65. The van der Waals surface area contributed by atoms with Gasteiger partial charge in [0.1, 0.15) is 0 Å². The lowest BCUT2D eigenvalue weighted by atomic mass is 10.2. The van der Waals surface area contributed by atoms with Crippen molar-refractivity contribution >= 4 is 26.8 Å². The summed E-state index contributed by atoms with van der Waals surface area (Å²) in [4.78, 5) is 28.3. The summed E-state index contributed by atoms with van der Waals surface area (Å²) >= 11 is 3.36. The third-order valence-electron chi connectivity index (χ3n) is 3.27. The lowest BCUT2D eigenvalue weighted by molar-refractivity contribution is 0.550. The predicted molar refractivity (Wildman–Crippen MR) is 84.4 cm³/mol. The highest BCUT2D eigenvalue weighted by Gasteiger charge is 2.05. The number of fused-ring (bicyclic) bond motifs is 1. The maximum absolute atomic E-state index is 12.4. The molecule has 106 valence electrons. The van der Waals surface area contributed by atoms with Gasteiger partial charge in [-0.25, -0.2) is 4.98 Å². The van der Waals surface area contributed by atoms with E-state index in [-0.39, 0.29) is 11.1 Å². The maximum Gasteiger partial charge on any atom is 0.261 e. The van der Waals surface area contributed by atoms with Gasteiger partial charge in [-0.3, -0.25) is 14.2 Å². The summed E-state index contributed by atoms with van der Waals surface area (Å²) < 4.78 is 3.98. The Labute approximate surface area is 128 Å². The van der Waals surface area contributed by atoms with Gasteiger partial charge in [0.15, 0.2) is 0 Å². The number of aryl methyl sites for hydroxylation is 2. The Balaban J connectivity index is 1.93. The molecule has 0 radical (unpaired) electrons. The first-order chi connectivity index (χ1) is 10.1. The average Bonchev–Trinajstić information content (AvgIpc) is 2.48. The zero-order valence-electron chi connectivity index (χ0n) is 11.1. The van der Waals surface area contributed by atoms with Crippen LogP contribution in [-0.2, 0) is 13.1 Å². The molecule has 6 heteroatoms. The molecule has 0 amide bonds. The average molecular weight is 346 g/mol. The molecule has 0 aliphatic carbocycles. The summed E-state index contributed by atoms with van der Waals surface area (Å²) in [5.41, 5.74) is 0.474. The highest BCUT2D eigenvalue weighted by Crippen LogP contribution is 2.14. The second-order valence-corrected chi connectivity index (χ2v) is 5.55. The third kappa shape index (κ3) is 2.80. The molecule has 0 fully saturated rings. The lowest BCUT2D eigenvalue weighted by Gasteiger charge is -2.08. The smallest absolute Gasteiger partial charge is 0.261 e. The number of hydrogen-bond donors (Lipinski definition) is 0. The molecule has 0 saturated carbocycles. The monoisotopic (exact) mass is 345 g/mol. The van der Waals surface area contributed by atoms with Gasteiger partial charge in [-0.2, -0.15) is 0 Å². The number of halogens is 1. The fraction of sp³-hybridized carbons (Fsp3) is 0.133. The van der Waals surface area contributed by atoms with Crippen LogP contribution in [-0.4, -0.2) is 14.1 Å². The third-order valence-corrected chi connectivity index (χ3v) is 3.76. The summed E-state index contributed by atoms with van der Waals surface area (Å²) in [6, 6.07) is 10.4. The summed E-state index contributed by atoms with van der Waals surface area (Å²) in [6.07, 6.45) is 3.23. The van der Waals surface area contributed by atoms with Crippen LogP contribution in [0.2, 0.25) is 0 Å². The minimum Gasteiger partial charge on any atom is -0.314 e. The molecule has 1 aromatic carbocycles. The van der Waals surface area contributed by atoms with Gasteiger partial charge in [-0.05, 0) is 24.3 Å². The van der Waals surface area contributed by atoms with Crippen molar-refractivity contribution in [1.29, 1.82) is 0 Å². The largest absolute Gasteiger partial charge is 0.314 e. The van der Waals surface area contributed by atoms with Crippen LogP contribution >= 0.6 is 15.9 Å². The van der Waals surface area contributed by atoms with Crippen LogP contribution in [0.15, 0.2) is 63.0 Å². The van der Waals surface area contributed by atoms with Crippen molar-refractivity contribution in [3.8, 4) is 0 Å². The van der Waals surface area contributed by atoms with Gasteiger partial charge in [-0.1, -0.05) is 22.0 Å². The summed E-state index contributed by atoms with van der Waals surface area (Å²) in [7, 11) is 0. The molecular weight excluding hydrogens is 334 g/mol. The van der Waals surface area contributed by atoms with Crippen LogP contribution < -0.4 is 11.1 Å². The van der Waals surface area contributed by atoms with E-state index in [1.807, 2.05) is 12.1 Å². The van der Waals surface area contributed by atoms with E-state index in [4.69, 9.17) is 0 Å². The van der Waals surface area contributed by atoms with E-state index < -0.39 is 0 Å². The maximum atomic E-state index is 12.4. The van der Waals surface area contributed by atoms with E-state index in [2.05, 4.69) is 20.9 Å². The number of benzene rings is 1. The van der Waals surface area contributed by atoms with Crippen LogP contribution in [0.25, 0.3) is 10.9 Å². The molecule has 0 unspecified atom stereocenters. The van der Waals surface area contributed by atoms with Gasteiger partial charge in [0.25, 0.3) is 11.1 Å². The van der Waals surface area contributed by atoms with Gasteiger partial charge in [0.2, 0.25) is 0 Å². The minimum absolute atomic E-state index is 0.0803. The van der Waals surface area contributed by atoms with Gasteiger partial charge in [-0.15, -0.1) is 0 Å². The Bertz CT molecular complexity index is 914. The molecule has 2 aromatic heterocycles. The van der Waals surface area contributed by atoms with E-state index in [0.717, 1.165) is 4.47 Å². The minimum atomic E-state index is -0.100. The molecule has 0 aliphatic rings. The topological polar surface area (TPSA) is 56.9 Å². The van der Waals surface area contributed by atoms with Gasteiger partial charge in [0, 0.05) is 29.8 Å². The quantitative estimate of drug-likeness (QED) is 0.729. The molecule has 0 spiro atoms. The molecule has 0 bridgehead atoms. The normalized spacial score (nSPS) is 10.9. The number of pyridine rings is 1. The standard InChI is InChI=1S/C15H12BrN3O2/c16-11-4-5-12-13(9-11)17-10-19(15(12)21)8-7-18-6-2-1-3-14(18)20/h1-6,9-10H,7-8H2. The molecular formula is C15H12BrN3O2. The molecule has 21 heavy (non-hydrogen) atoms. The van der Waals surface area contributed by atoms with E-state index in [9.17, 15) is 9.59 Å². The summed E-state index contributed by atoms with van der Waals surface area (Å²) in [5, 5.41) is 0.570. The van der Waals surface area contributed by atoms with Gasteiger partial charge >= 0.3 is 0 Å². The van der Waals surface area contributed by atoms with Crippen molar-refractivity contribution in [2.45, 2.75) is 13.1 Å². The molecule has 3 rings (SSSR count). The molecule has 0 aliphatic heterocycles. The van der Waals surface area contributed by atoms with E-state index in [1.165, 1.54) is 17.0 Å². The summed E-state index contributed by atoms with van der Waals surface area (Å²) in [6.45, 7) is 0.838. The first-order valence-corrected chi connectivity index (χ1v) is 7.24. The molecule has 0 N–H and O–H groups in total. The number of nitrogens with zero attached hydrogens (tertiary/aromatic N) is 3. The van der Waals surface area contributed by atoms with Gasteiger partial charge in [0.05, 0.1) is 17.2 Å². The highest BCUT2D eigenvalue weighted by molar-refractivity contribution is 9.10. The van der Waals surface area contributed by atoms with Crippen LogP contribution in [0, 0.1) is 0 Å². The number of hydrogen-bond acceptors (Lipinski definition) is 3. The first-order valence-electron chi connectivity index (χ1n) is 6.45. The Morgan fingerprint density at radius 2 is 1.86 bits per heavy atom. The fourth-order valence-corrected chi connectivity index (χ4v) is 2.50. The second-order valence-electron chi connectivity index (χ2n) is 4.64. The Morgan fingerprint density at radius 3 is 2.67 bits per heavy atom. The molecule has 2 heterocycles. The van der Waals surface area contributed by atoms with Crippen molar-refractivity contribution < 1.29 is 0 Å². The van der Waals surface area contributed by atoms with Crippen molar-refractivity contribution in [3.63, 3.8) is 0 Å². The van der Waals surface area contributed by atoms with E-state index >= 15 is 0 Å². The highest BCUT2D eigenvalue weighted by atomic mass is 79.9. The molecule has 3 aromatic rings. The Morgan fingerprint density at radius 1 is 1.05 bits per heavy atom. The lowest BCUT2D eigenvalue weighted by Crippen LogP contribution is -2.26. The Kier molecular flexibility index (Phi) is 3.70. The first kappa shape index (κ1) is 13.8. The van der Waals surface area contributed by atoms with E-state index in [0.29, 0.717) is 24.0 Å². The summed E-state index contributed by atoms with van der Waals surface area (Å²) in [5.74, 6) is 0. The van der Waals surface area contributed by atoms with Crippen LogP contribution in [0.5, 0.6) is 0 Å². The number of rotatable bonds is 3. The van der Waals surface area contributed by atoms with Gasteiger partial charge < -0.3 is 4.57 Å². The van der Waals surface area contributed by atoms with Crippen LogP contribution in [0.3, 0.4) is 0 Å². The fourth-order valence-electron chi connectivity index (χ4n) is 2.15. The van der Waals surface area contributed by atoms with Crippen molar-refractivity contribution in [2.75, 3.05) is 0 Å².